The number of aryl methyl sites for hydroxylation is 2. The molecule has 0 bridgehead atoms. The van der Waals surface area contributed by atoms with Crippen LogP contribution in [-0.4, -0.2) is 42.5 Å². The number of nitrogens with one attached hydrogen (secondary N) is 1. The van der Waals surface area contributed by atoms with E-state index in [9.17, 15) is 18.0 Å². The molecule has 0 aromatic carbocycles. The van der Waals surface area contributed by atoms with Crippen LogP contribution < -0.4 is 10.1 Å². The maximum Gasteiger partial charge on any atom is 0.453 e. The van der Waals surface area contributed by atoms with Crippen LogP contribution in [0, 0.1) is 0 Å². The van der Waals surface area contributed by atoms with E-state index in [-0.39, 0.29) is 0 Å². The molecule has 1 amide bonds. The predicted molar refractivity (Wildman–Crippen MR) is 92.8 cm³/mol. The highest BCUT2D eigenvalue weighted by Gasteiger charge is 2.38. The lowest BCUT2D eigenvalue weighted by Gasteiger charge is -2.11. The van der Waals surface area contributed by atoms with Crippen molar-refractivity contribution in [3.63, 3.8) is 0 Å². The molecular formula is C17H16F3N7O2. The van der Waals surface area contributed by atoms with Crippen molar-refractivity contribution in [1.29, 1.82) is 0 Å². The SMILES string of the molecule is COc1cc(-c2cc3n(n2)CC[C@@H]3NC(=O)c2nc(C(F)(F)F)nn2C)ccn1. The smallest absolute Gasteiger partial charge is 0.453 e. The van der Waals surface area contributed by atoms with Gasteiger partial charge in [-0.1, -0.05) is 0 Å². The third-order valence-corrected chi connectivity index (χ3v) is 4.56. The minimum absolute atomic E-state index is 0.404. The third kappa shape index (κ3) is 3.52. The first-order chi connectivity index (χ1) is 13.8. The molecule has 0 unspecified atom stereocenters. The van der Waals surface area contributed by atoms with E-state index in [2.05, 4.69) is 25.5 Å². The minimum atomic E-state index is -4.72. The summed E-state index contributed by atoms with van der Waals surface area (Å²) in [7, 11) is 2.76. The molecule has 1 N–H and O–H groups in total. The van der Waals surface area contributed by atoms with Gasteiger partial charge in [0.15, 0.2) is 0 Å². The predicted octanol–water partition coefficient (Wildman–Crippen LogP) is 1.98. The van der Waals surface area contributed by atoms with Crippen molar-refractivity contribution in [3.8, 4) is 17.1 Å². The highest BCUT2D eigenvalue weighted by molar-refractivity contribution is 5.91. The standard InChI is InChI=1S/C17H16F3N7O2/c1-26-14(23-16(25-26)17(18,19)20)15(28)22-10-4-6-27-12(10)8-11(24-27)9-3-5-21-13(7-9)29-2/h3,5,7-8,10H,4,6H2,1-2H3,(H,22,28)/t10-/m0/s1. The van der Waals surface area contributed by atoms with Crippen molar-refractivity contribution in [3.05, 3.63) is 41.7 Å². The molecule has 152 valence electrons. The van der Waals surface area contributed by atoms with Crippen LogP contribution in [0.3, 0.4) is 0 Å². The molecule has 1 aliphatic heterocycles. The molecule has 0 spiro atoms. The first-order valence-electron chi connectivity index (χ1n) is 8.63. The highest BCUT2D eigenvalue weighted by Crippen LogP contribution is 2.31. The van der Waals surface area contributed by atoms with Gasteiger partial charge in [0.25, 0.3) is 11.7 Å². The molecule has 1 atom stereocenters. The van der Waals surface area contributed by atoms with E-state index < -0.39 is 29.8 Å². The molecule has 0 saturated carbocycles. The second-order valence-corrected chi connectivity index (χ2v) is 6.46. The number of fused-ring (bicyclic) bond motifs is 1. The lowest BCUT2D eigenvalue weighted by molar-refractivity contribution is -0.144. The van der Waals surface area contributed by atoms with E-state index in [1.165, 1.54) is 14.2 Å². The van der Waals surface area contributed by atoms with Crippen LogP contribution in [-0.2, 0) is 19.8 Å². The fourth-order valence-corrected chi connectivity index (χ4v) is 3.18. The number of carbonyl (C=O) groups excluding carboxylic acids is 1. The number of carbonyl (C=O) groups is 1. The molecule has 29 heavy (non-hydrogen) atoms. The summed E-state index contributed by atoms with van der Waals surface area (Å²) in [4.78, 5) is 19.9. The van der Waals surface area contributed by atoms with Gasteiger partial charge in [-0.15, -0.1) is 5.10 Å². The fourth-order valence-electron chi connectivity index (χ4n) is 3.18. The van der Waals surface area contributed by atoms with Crippen LogP contribution in [0.5, 0.6) is 5.88 Å². The summed E-state index contributed by atoms with van der Waals surface area (Å²) in [5.74, 6) is -2.05. The quantitative estimate of drug-likeness (QED) is 0.710. The Labute approximate surface area is 162 Å². The van der Waals surface area contributed by atoms with Gasteiger partial charge in [0.1, 0.15) is 0 Å². The van der Waals surface area contributed by atoms with E-state index in [4.69, 9.17) is 4.74 Å². The molecule has 3 aromatic heterocycles. The van der Waals surface area contributed by atoms with Gasteiger partial charge in [0.05, 0.1) is 24.5 Å². The zero-order chi connectivity index (χ0) is 20.8. The van der Waals surface area contributed by atoms with Gasteiger partial charge in [-0.3, -0.25) is 9.48 Å². The second-order valence-electron chi connectivity index (χ2n) is 6.46. The lowest BCUT2D eigenvalue weighted by atomic mass is 10.1. The van der Waals surface area contributed by atoms with Gasteiger partial charge in [-0.2, -0.15) is 23.3 Å². The Bertz CT molecular complexity index is 1070. The Hall–Kier alpha value is -3.44. The molecule has 4 heterocycles. The number of halogens is 3. The van der Waals surface area contributed by atoms with E-state index in [0.29, 0.717) is 24.5 Å². The van der Waals surface area contributed by atoms with Gasteiger partial charge >= 0.3 is 6.18 Å². The number of aromatic nitrogens is 6. The van der Waals surface area contributed by atoms with Crippen LogP contribution in [0.15, 0.2) is 24.4 Å². The number of alkyl halides is 3. The van der Waals surface area contributed by atoms with Crippen LogP contribution in [0.4, 0.5) is 13.2 Å². The van der Waals surface area contributed by atoms with Crippen molar-refractivity contribution in [2.24, 2.45) is 7.05 Å². The number of pyridine rings is 1. The summed E-state index contributed by atoms with van der Waals surface area (Å²) in [6, 6.07) is 4.94. The monoisotopic (exact) mass is 407 g/mol. The van der Waals surface area contributed by atoms with E-state index >= 15 is 0 Å². The second kappa shape index (κ2) is 6.87. The molecular weight excluding hydrogens is 391 g/mol. The molecule has 0 saturated heterocycles. The average molecular weight is 407 g/mol. The van der Waals surface area contributed by atoms with Gasteiger partial charge in [-0.25, -0.2) is 9.67 Å². The van der Waals surface area contributed by atoms with Crippen LogP contribution in [0.2, 0.25) is 0 Å². The Morgan fingerprint density at radius 1 is 1.31 bits per heavy atom. The average Bonchev–Trinajstić information content (AvgIpc) is 3.36. The number of methoxy groups -OCH3 is 1. The van der Waals surface area contributed by atoms with Gasteiger partial charge < -0.3 is 10.1 Å². The summed E-state index contributed by atoms with van der Waals surface area (Å²) < 4.78 is 46.0. The molecule has 9 nitrogen and oxygen atoms in total. The van der Waals surface area contributed by atoms with Crippen molar-refractivity contribution in [2.75, 3.05) is 7.11 Å². The fraction of sp³-hybridized carbons (Fsp3) is 0.353. The highest BCUT2D eigenvalue weighted by atomic mass is 19.4. The number of amides is 1. The molecule has 0 radical (unpaired) electrons. The van der Waals surface area contributed by atoms with Crippen molar-refractivity contribution in [2.45, 2.75) is 25.2 Å². The molecule has 4 rings (SSSR count). The van der Waals surface area contributed by atoms with Gasteiger partial charge in [0.2, 0.25) is 11.7 Å². The van der Waals surface area contributed by atoms with Crippen LogP contribution in [0.1, 0.15) is 34.6 Å². The zero-order valence-corrected chi connectivity index (χ0v) is 15.4. The van der Waals surface area contributed by atoms with Crippen LogP contribution >= 0.6 is 0 Å². The first kappa shape index (κ1) is 18.9. The Morgan fingerprint density at radius 2 is 2.10 bits per heavy atom. The summed E-state index contributed by atoms with van der Waals surface area (Å²) in [6.07, 6.45) is -2.55. The normalized spacial score (nSPS) is 16.0. The van der Waals surface area contributed by atoms with Crippen molar-refractivity contribution < 1.29 is 22.7 Å². The Kier molecular flexibility index (Phi) is 4.47. The van der Waals surface area contributed by atoms with E-state index in [1.807, 2.05) is 6.07 Å². The summed E-state index contributed by atoms with van der Waals surface area (Å²) >= 11 is 0. The number of hydrogen-bond acceptors (Lipinski definition) is 6. The van der Waals surface area contributed by atoms with Crippen molar-refractivity contribution in [1.82, 2.24) is 34.8 Å². The lowest BCUT2D eigenvalue weighted by Crippen LogP contribution is -2.29. The van der Waals surface area contributed by atoms with Crippen LogP contribution in [0.25, 0.3) is 11.3 Å². The minimum Gasteiger partial charge on any atom is -0.481 e. The molecule has 0 aliphatic carbocycles. The summed E-state index contributed by atoms with van der Waals surface area (Å²) in [5.41, 5.74) is 2.23. The summed E-state index contributed by atoms with van der Waals surface area (Å²) in [5, 5.41) is 10.5. The largest absolute Gasteiger partial charge is 0.481 e. The first-order valence-corrected chi connectivity index (χ1v) is 8.63. The van der Waals surface area contributed by atoms with Gasteiger partial charge in [0, 0.05) is 31.4 Å². The number of nitrogens with zero attached hydrogens (tertiary/aromatic N) is 6. The van der Waals surface area contributed by atoms with E-state index in [0.717, 1.165) is 15.9 Å². The topological polar surface area (TPSA) is 99.7 Å². The molecule has 1 aliphatic rings. The third-order valence-electron chi connectivity index (χ3n) is 4.56. The van der Waals surface area contributed by atoms with Gasteiger partial charge in [-0.05, 0) is 18.6 Å². The molecule has 12 heteroatoms. The van der Waals surface area contributed by atoms with Crippen molar-refractivity contribution >= 4 is 5.91 Å². The Balaban J connectivity index is 1.55. The molecule has 3 aromatic rings. The molecule has 0 fully saturated rings. The Morgan fingerprint density at radius 3 is 2.79 bits per heavy atom. The number of hydrogen-bond donors (Lipinski definition) is 1. The maximum atomic E-state index is 12.8. The zero-order valence-electron chi connectivity index (χ0n) is 15.4. The number of rotatable bonds is 4. The van der Waals surface area contributed by atoms with E-state index in [1.54, 1.807) is 23.0 Å². The number of ether oxygens (including phenoxy) is 1. The maximum absolute atomic E-state index is 12.8. The summed E-state index contributed by atoms with van der Waals surface area (Å²) in [6.45, 7) is 0.565.